The molecule has 0 aromatic heterocycles. The van der Waals surface area contributed by atoms with Crippen molar-refractivity contribution in [2.24, 2.45) is 5.92 Å². The molecule has 2 atom stereocenters. The molecule has 0 saturated carbocycles. The zero-order chi connectivity index (χ0) is 35.3. The summed E-state index contributed by atoms with van der Waals surface area (Å²) in [6.45, 7) is 5.51. The van der Waals surface area contributed by atoms with Gasteiger partial charge in [-0.3, -0.25) is 24.0 Å². The van der Waals surface area contributed by atoms with Gasteiger partial charge in [-0.2, -0.15) is 0 Å². The van der Waals surface area contributed by atoms with Gasteiger partial charge in [0.2, 0.25) is 29.5 Å². The molecule has 1 aliphatic heterocycles. The highest BCUT2D eigenvalue weighted by Crippen LogP contribution is 2.26. The summed E-state index contributed by atoms with van der Waals surface area (Å²) in [4.78, 5) is 65.9. The van der Waals surface area contributed by atoms with Crippen molar-refractivity contribution in [3.8, 4) is 11.8 Å². The zero-order valence-electron chi connectivity index (χ0n) is 28.0. The normalized spacial score (nSPS) is 12.9. The molecule has 3 aromatic rings. The van der Waals surface area contributed by atoms with Crippen molar-refractivity contribution in [1.29, 1.82) is 0 Å². The third kappa shape index (κ3) is 10.5. The number of fused-ring (bicyclic) bond motifs is 2. The van der Waals surface area contributed by atoms with Crippen LogP contribution in [-0.2, 0) is 37.1 Å². The maximum absolute atomic E-state index is 13.4. The molecule has 256 valence electrons. The Labute approximate surface area is 286 Å². The van der Waals surface area contributed by atoms with Crippen LogP contribution in [0.15, 0.2) is 72.8 Å². The number of aliphatic hydroxyl groups excluding tert-OH is 1. The van der Waals surface area contributed by atoms with Crippen LogP contribution in [-0.4, -0.2) is 53.3 Å². The molecule has 49 heavy (non-hydrogen) atoms. The Morgan fingerprint density at radius 2 is 1.43 bits per heavy atom. The first-order valence-corrected chi connectivity index (χ1v) is 16.4. The third-order valence-electron chi connectivity index (χ3n) is 8.06. The van der Waals surface area contributed by atoms with Crippen LogP contribution >= 0.6 is 0 Å². The van der Waals surface area contributed by atoms with Gasteiger partial charge in [-0.05, 0) is 60.7 Å². The molecule has 0 aliphatic carbocycles. The molecule has 1 heterocycles. The second kappa shape index (κ2) is 17.6. The minimum Gasteiger partial charge on any atom is -0.392 e. The summed E-state index contributed by atoms with van der Waals surface area (Å²) in [7, 11) is 0. The van der Waals surface area contributed by atoms with E-state index in [0.717, 1.165) is 22.4 Å². The number of rotatable bonds is 14. The second-order valence-electron chi connectivity index (χ2n) is 12.2. The lowest BCUT2D eigenvalue weighted by Crippen LogP contribution is -2.53. The van der Waals surface area contributed by atoms with Crippen molar-refractivity contribution in [1.82, 2.24) is 16.0 Å². The van der Waals surface area contributed by atoms with Gasteiger partial charge in [-0.25, -0.2) is 0 Å². The Hall–Kier alpha value is -5.47. The summed E-state index contributed by atoms with van der Waals surface area (Å²) in [5.41, 5.74) is 4.52. The minimum absolute atomic E-state index is 0.0216. The molecule has 0 radical (unpaired) electrons. The highest BCUT2D eigenvalue weighted by Gasteiger charge is 2.27. The topological polar surface area (TPSA) is 157 Å². The number of benzene rings is 3. The van der Waals surface area contributed by atoms with Crippen molar-refractivity contribution >= 4 is 40.9 Å². The summed E-state index contributed by atoms with van der Waals surface area (Å²) < 4.78 is 0. The molecule has 0 bridgehead atoms. The first-order valence-electron chi connectivity index (χ1n) is 16.4. The Morgan fingerprint density at radius 1 is 0.776 bits per heavy atom. The maximum atomic E-state index is 13.4. The summed E-state index contributed by atoms with van der Waals surface area (Å²) in [5, 5.41) is 20.0. The number of carbonyl (C=O) groups is 5. The van der Waals surface area contributed by atoms with E-state index in [9.17, 15) is 29.1 Å². The highest BCUT2D eigenvalue weighted by molar-refractivity contribution is 5.98. The van der Waals surface area contributed by atoms with Gasteiger partial charge in [0.05, 0.1) is 18.8 Å². The number of carbonyl (C=O) groups excluding carboxylic acids is 5. The molecule has 0 spiro atoms. The lowest BCUT2D eigenvalue weighted by atomic mass is 10.0. The van der Waals surface area contributed by atoms with Crippen LogP contribution in [0.1, 0.15) is 68.7 Å². The molecule has 11 heteroatoms. The van der Waals surface area contributed by atoms with E-state index < -0.39 is 29.8 Å². The molecule has 1 aliphatic rings. The quantitative estimate of drug-likeness (QED) is 0.166. The van der Waals surface area contributed by atoms with Gasteiger partial charge in [0, 0.05) is 42.6 Å². The monoisotopic (exact) mass is 665 g/mol. The molecule has 11 nitrogen and oxygen atoms in total. The number of para-hydroxylation sites is 1. The SMILES string of the molecule is CC(C)[C@H](NC(=O)CCCC(=O)NCCC(=O)N1Cc2ccccc2C#Cc2ccccc21)C(=O)N[C@@H](C)C(=O)Nc1ccc(CO)cc1. The molecule has 0 fully saturated rings. The minimum atomic E-state index is -0.877. The lowest BCUT2D eigenvalue weighted by Gasteiger charge is -2.26. The molecule has 4 rings (SSSR count). The van der Waals surface area contributed by atoms with Gasteiger partial charge in [-0.1, -0.05) is 68.2 Å². The van der Waals surface area contributed by atoms with E-state index in [1.54, 1.807) is 49.9 Å². The Balaban J connectivity index is 1.19. The van der Waals surface area contributed by atoms with Crippen LogP contribution in [0.5, 0.6) is 0 Å². The number of hydrogen-bond donors (Lipinski definition) is 5. The van der Waals surface area contributed by atoms with E-state index in [0.29, 0.717) is 17.8 Å². The largest absolute Gasteiger partial charge is 0.392 e. The van der Waals surface area contributed by atoms with Gasteiger partial charge in [0.15, 0.2) is 0 Å². The van der Waals surface area contributed by atoms with Crippen molar-refractivity contribution in [3.63, 3.8) is 0 Å². The smallest absolute Gasteiger partial charge is 0.246 e. The van der Waals surface area contributed by atoms with Gasteiger partial charge in [-0.15, -0.1) is 0 Å². The van der Waals surface area contributed by atoms with Crippen molar-refractivity contribution in [2.75, 3.05) is 16.8 Å². The number of amides is 5. The van der Waals surface area contributed by atoms with Gasteiger partial charge >= 0.3 is 0 Å². The predicted octanol–water partition coefficient (Wildman–Crippen LogP) is 3.39. The van der Waals surface area contributed by atoms with Crippen LogP contribution in [0.25, 0.3) is 0 Å². The van der Waals surface area contributed by atoms with E-state index in [2.05, 4.69) is 33.1 Å². The molecule has 5 amide bonds. The fourth-order valence-corrected chi connectivity index (χ4v) is 5.24. The van der Waals surface area contributed by atoms with E-state index >= 15 is 0 Å². The molecule has 3 aromatic carbocycles. The fourth-order valence-electron chi connectivity index (χ4n) is 5.24. The van der Waals surface area contributed by atoms with Crippen LogP contribution in [0.4, 0.5) is 11.4 Å². The van der Waals surface area contributed by atoms with Gasteiger partial charge < -0.3 is 31.3 Å². The lowest BCUT2D eigenvalue weighted by molar-refractivity contribution is -0.132. The average molecular weight is 666 g/mol. The van der Waals surface area contributed by atoms with Gasteiger partial charge in [0.25, 0.3) is 0 Å². The fraction of sp³-hybridized carbons (Fsp3) is 0.342. The van der Waals surface area contributed by atoms with Crippen LogP contribution < -0.4 is 26.2 Å². The Morgan fingerprint density at radius 3 is 2.14 bits per heavy atom. The van der Waals surface area contributed by atoms with E-state index in [1.807, 2.05) is 48.5 Å². The van der Waals surface area contributed by atoms with E-state index in [-0.39, 0.29) is 56.6 Å². The highest BCUT2D eigenvalue weighted by atomic mass is 16.3. The Kier molecular flexibility index (Phi) is 13.1. The number of nitrogens with one attached hydrogen (secondary N) is 4. The molecule has 5 N–H and O–H groups in total. The predicted molar refractivity (Wildman–Crippen MR) is 187 cm³/mol. The van der Waals surface area contributed by atoms with Crippen molar-refractivity contribution < 1.29 is 29.1 Å². The summed E-state index contributed by atoms with van der Waals surface area (Å²) in [6, 6.07) is 20.1. The second-order valence-corrected chi connectivity index (χ2v) is 12.2. The Bertz CT molecular complexity index is 1730. The van der Waals surface area contributed by atoms with Crippen LogP contribution in [0.2, 0.25) is 0 Å². The molecular formula is C38H43N5O6. The standard InChI is InChI=1S/C38H43N5O6/c1-25(2)36(38(49)40-26(3)37(48)41-31-19-15-27(24-44)16-20-31)42-34(46)14-8-13-33(45)39-22-21-35(47)43-23-30-11-5-4-9-28(30)17-18-29-10-6-7-12-32(29)43/h4-7,9-12,15-16,19-20,25-26,36,44H,8,13-14,21-24H2,1-3H3,(H,39,45)(H,40,49)(H,41,48)(H,42,46)/t26-,36-/m0/s1. The van der Waals surface area contributed by atoms with E-state index in [1.165, 1.54) is 0 Å². The zero-order valence-corrected chi connectivity index (χ0v) is 28.0. The van der Waals surface area contributed by atoms with E-state index in [4.69, 9.17) is 0 Å². The first kappa shape index (κ1) is 36.4. The number of nitrogens with zero attached hydrogens (tertiary/aromatic N) is 1. The van der Waals surface area contributed by atoms with Crippen LogP contribution in [0.3, 0.4) is 0 Å². The summed E-state index contributed by atoms with van der Waals surface area (Å²) >= 11 is 0. The summed E-state index contributed by atoms with van der Waals surface area (Å²) in [5.74, 6) is 4.36. The van der Waals surface area contributed by atoms with Crippen LogP contribution in [0, 0.1) is 17.8 Å². The molecular weight excluding hydrogens is 622 g/mol. The van der Waals surface area contributed by atoms with Crippen molar-refractivity contribution in [3.05, 3.63) is 95.1 Å². The van der Waals surface area contributed by atoms with Crippen molar-refractivity contribution in [2.45, 2.75) is 71.7 Å². The molecule has 0 unspecified atom stereocenters. The molecule has 0 saturated heterocycles. The number of anilines is 2. The summed E-state index contributed by atoms with van der Waals surface area (Å²) in [6.07, 6.45) is 0.439. The maximum Gasteiger partial charge on any atom is 0.246 e. The van der Waals surface area contributed by atoms with Gasteiger partial charge in [0.1, 0.15) is 12.1 Å². The first-order chi connectivity index (χ1) is 23.5. The number of aliphatic hydroxyl groups is 1. The number of hydrogen-bond acceptors (Lipinski definition) is 6. The third-order valence-corrected chi connectivity index (χ3v) is 8.06. The average Bonchev–Trinajstić information content (AvgIpc) is 3.08.